The minimum Gasteiger partial charge on any atom is -0.297 e. The molecule has 1 aromatic rings. The Morgan fingerprint density at radius 2 is 1.26 bits per heavy atom. The quantitative estimate of drug-likeness (QED) is 0.224. The van der Waals surface area contributed by atoms with Gasteiger partial charge in [-0.2, -0.15) is 0 Å². The molecule has 1 aromatic heterocycles. The van der Waals surface area contributed by atoms with E-state index in [0.717, 1.165) is 17.6 Å². The second-order valence-corrected chi connectivity index (χ2v) is 7.72. The van der Waals surface area contributed by atoms with E-state index in [2.05, 4.69) is 13.0 Å². The van der Waals surface area contributed by atoms with Gasteiger partial charge in [0.1, 0.15) is 0 Å². The average Bonchev–Trinajstić information content (AvgIpc) is 3.02. The van der Waals surface area contributed by atoms with E-state index in [-0.39, 0.29) is 0 Å². The molecule has 1 heterocycles. The summed E-state index contributed by atoms with van der Waals surface area (Å²) in [5, 5.41) is 2.03. The third kappa shape index (κ3) is 10.7. The predicted octanol–water partition coefficient (Wildman–Crippen LogP) is 7.58. The van der Waals surface area contributed by atoms with E-state index in [0.29, 0.717) is 0 Å². The highest BCUT2D eigenvalue weighted by Crippen LogP contribution is 2.18. The molecule has 132 valence electrons. The molecular weight excluding hydrogens is 300 g/mol. The van der Waals surface area contributed by atoms with Crippen molar-refractivity contribution in [2.24, 2.45) is 0 Å². The molecule has 23 heavy (non-hydrogen) atoms. The van der Waals surface area contributed by atoms with Gasteiger partial charge in [-0.25, -0.2) is 0 Å². The van der Waals surface area contributed by atoms with Crippen LogP contribution in [0.15, 0.2) is 11.4 Å². The van der Waals surface area contributed by atoms with Gasteiger partial charge in [-0.15, -0.1) is 11.3 Å². The summed E-state index contributed by atoms with van der Waals surface area (Å²) in [6.07, 6.45) is 21.6. The number of hydrogen-bond donors (Lipinski definition) is 0. The Morgan fingerprint density at radius 3 is 1.74 bits per heavy atom. The zero-order chi connectivity index (χ0) is 16.6. The van der Waals surface area contributed by atoms with Gasteiger partial charge in [-0.05, 0) is 29.9 Å². The molecule has 0 aliphatic heterocycles. The summed E-state index contributed by atoms with van der Waals surface area (Å²) in [6.45, 7) is 2.28. The lowest BCUT2D eigenvalue weighted by atomic mass is 10.0. The molecule has 1 rings (SSSR count). The molecule has 0 fully saturated rings. The van der Waals surface area contributed by atoms with E-state index >= 15 is 0 Å². The first-order chi connectivity index (χ1) is 11.4. The van der Waals surface area contributed by atoms with Crippen molar-refractivity contribution in [2.45, 2.75) is 103 Å². The number of hydrogen-bond acceptors (Lipinski definition) is 2. The van der Waals surface area contributed by atoms with Crippen LogP contribution < -0.4 is 0 Å². The maximum absolute atomic E-state index is 10.8. The molecule has 0 aliphatic rings. The van der Waals surface area contributed by atoms with Gasteiger partial charge in [-0.1, -0.05) is 90.4 Å². The van der Waals surface area contributed by atoms with Crippen molar-refractivity contribution < 1.29 is 4.79 Å². The first-order valence-corrected chi connectivity index (χ1v) is 10.8. The van der Waals surface area contributed by atoms with Gasteiger partial charge >= 0.3 is 0 Å². The molecule has 0 saturated carbocycles. The maximum atomic E-state index is 10.8. The highest BCUT2D eigenvalue weighted by molar-refractivity contribution is 7.11. The third-order valence-electron chi connectivity index (χ3n) is 4.69. The lowest BCUT2D eigenvalue weighted by Gasteiger charge is -2.03. The van der Waals surface area contributed by atoms with Crippen molar-refractivity contribution in [2.75, 3.05) is 0 Å². The molecule has 0 amide bonds. The predicted molar refractivity (Wildman–Crippen MR) is 104 cm³/mol. The smallest absolute Gasteiger partial charge is 0.160 e. The van der Waals surface area contributed by atoms with Gasteiger partial charge in [0.05, 0.1) is 4.88 Å². The summed E-state index contributed by atoms with van der Waals surface area (Å²) in [7, 11) is 0. The monoisotopic (exact) mass is 336 g/mol. The number of rotatable bonds is 16. The van der Waals surface area contributed by atoms with Crippen LogP contribution in [0, 0.1) is 0 Å². The average molecular weight is 337 g/mol. The third-order valence-corrected chi connectivity index (χ3v) is 5.57. The minimum absolute atomic E-state index is 0.930. The molecule has 0 unspecified atom stereocenters. The highest BCUT2D eigenvalue weighted by atomic mass is 32.1. The van der Waals surface area contributed by atoms with E-state index in [1.54, 1.807) is 11.3 Å². The van der Waals surface area contributed by atoms with Crippen LogP contribution in [0.4, 0.5) is 0 Å². The fourth-order valence-electron chi connectivity index (χ4n) is 3.17. The number of thiophene rings is 1. The van der Waals surface area contributed by atoms with Crippen LogP contribution in [-0.4, -0.2) is 6.29 Å². The molecule has 0 aliphatic carbocycles. The normalized spacial score (nSPS) is 11.0. The Labute approximate surface area is 147 Å². The van der Waals surface area contributed by atoms with Gasteiger partial charge in [0.25, 0.3) is 0 Å². The first kappa shape index (κ1) is 20.4. The molecule has 0 N–H and O–H groups in total. The molecule has 0 bridgehead atoms. The zero-order valence-electron chi connectivity index (χ0n) is 15.2. The Balaban J connectivity index is 1.79. The van der Waals surface area contributed by atoms with Crippen molar-refractivity contribution in [3.8, 4) is 0 Å². The molecule has 0 aromatic carbocycles. The van der Waals surface area contributed by atoms with Gasteiger partial charge in [0, 0.05) is 0 Å². The van der Waals surface area contributed by atoms with Crippen LogP contribution in [0.1, 0.15) is 112 Å². The van der Waals surface area contributed by atoms with E-state index < -0.39 is 0 Å². The minimum atomic E-state index is 0.930. The van der Waals surface area contributed by atoms with Crippen LogP contribution in [0.25, 0.3) is 0 Å². The summed E-state index contributed by atoms with van der Waals surface area (Å²) in [5.41, 5.74) is 1.25. The molecule has 0 atom stereocenters. The number of carbonyl (C=O) groups is 1. The maximum Gasteiger partial charge on any atom is 0.160 e. The van der Waals surface area contributed by atoms with Crippen LogP contribution in [-0.2, 0) is 6.42 Å². The number of aryl methyl sites for hydroxylation is 1. The Hall–Kier alpha value is -0.630. The van der Waals surface area contributed by atoms with E-state index in [4.69, 9.17) is 0 Å². The number of carbonyl (C=O) groups excluding carboxylic acids is 1. The zero-order valence-corrected chi connectivity index (χ0v) is 16.0. The molecule has 0 radical (unpaired) electrons. The lowest BCUT2D eigenvalue weighted by Crippen LogP contribution is -1.88. The van der Waals surface area contributed by atoms with Crippen LogP contribution in [0.5, 0.6) is 0 Å². The van der Waals surface area contributed by atoms with Crippen LogP contribution in [0.2, 0.25) is 0 Å². The second-order valence-electron chi connectivity index (χ2n) is 6.77. The van der Waals surface area contributed by atoms with Gasteiger partial charge in [0.15, 0.2) is 6.29 Å². The summed E-state index contributed by atoms with van der Waals surface area (Å²) >= 11 is 1.57. The topological polar surface area (TPSA) is 17.1 Å². The summed E-state index contributed by atoms with van der Waals surface area (Å²) in [4.78, 5) is 11.8. The second kappa shape index (κ2) is 14.9. The Morgan fingerprint density at radius 1 is 0.783 bits per heavy atom. The molecule has 0 spiro atoms. The highest BCUT2D eigenvalue weighted by Gasteiger charge is 2.02. The largest absolute Gasteiger partial charge is 0.297 e. The number of unbranched alkanes of at least 4 members (excludes halogenated alkanes) is 13. The summed E-state index contributed by atoms with van der Waals surface area (Å²) in [6, 6.07) is 2.11. The Kier molecular flexibility index (Phi) is 13.3. The Bertz CT molecular complexity index is 383. The summed E-state index contributed by atoms with van der Waals surface area (Å²) < 4.78 is 0. The first-order valence-electron chi connectivity index (χ1n) is 9.90. The van der Waals surface area contributed by atoms with Crippen molar-refractivity contribution in [1.82, 2.24) is 0 Å². The SMILES string of the molecule is CCCCCCCCCCCCCCCCc1ccsc1C=O. The molecular formula is C21H36OS. The van der Waals surface area contributed by atoms with E-state index in [9.17, 15) is 4.79 Å². The van der Waals surface area contributed by atoms with Crippen molar-refractivity contribution in [3.05, 3.63) is 21.9 Å². The standard InChI is InChI=1S/C21H36OS/c1-2-3-4-5-6-7-8-9-10-11-12-13-14-15-16-20-17-18-23-21(20)19-22/h17-19H,2-16H2,1H3. The van der Waals surface area contributed by atoms with Gasteiger partial charge in [0.2, 0.25) is 0 Å². The number of aldehydes is 1. The van der Waals surface area contributed by atoms with Crippen molar-refractivity contribution >= 4 is 17.6 Å². The molecule has 2 heteroatoms. The van der Waals surface area contributed by atoms with Crippen LogP contribution >= 0.6 is 11.3 Å². The fraction of sp³-hybridized carbons (Fsp3) is 0.762. The summed E-state index contributed by atoms with van der Waals surface area (Å²) in [5.74, 6) is 0. The van der Waals surface area contributed by atoms with Gasteiger partial charge < -0.3 is 0 Å². The van der Waals surface area contributed by atoms with Crippen LogP contribution in [0.3, 0.4) is 0 Å². The van der Waals surface area contributed by atoms with Crippen molar-refractivity contribution in [3.63, 3.8) is 0 Å². The van der Waals surface area contributed by atoms with E-state index in [1.165, 1.54) is 95.5 Å². The fourth-order valence-corrected chi connectivity index (χ4v) is 3.92. The molecule has 0 saturated heterocycles. The van der Waals surface area contributed by atoms with E-state index in [1.807, 2.05) is 5.38 Å². The molecule has 1 nitrogen and oxygen atoms in total. The van der Waals surface area contributed by atoms with Crippen molar-refractivity contribution in [1.29, 1.82) is 0 Å². The lowest BCUT2D eigenvalue weighted by molar-refractivity contribution is 0.112. The van der Waals surface area contributed by atoms with Gasteiger partial charge in [-0.3, -0.25) is 4.79 Å².